The van der Waals surface area contributed by atoms with Gasteiger partial charge in [0.1, 0.15) is 0 Å². The quantitative estimate of drug-likeness (QED) is 0.747. The van der Waals surface area contributed by atoms with Gasteiger partial charge in [0.25, 0.3) is 0 Å². The zero-order chi connectivity index (χ0) is 12.5. The maximum atomic E-state index is 12.2. The molecule has 2 rings (SSSR count). The molecule has 0 aromatic rings. The Bertz CT molecular complexity index is 401. The zero-order valence-electron chi connectivity index (χ0n) is 9.94. The molecule has 0 saturated carbocycles. The van der Waals surface area contributed by atoms with Gasteiger partial charge in [-0.1, -0.05) is 0 Å². The van der Waals surface area contributed by atoms with Crippen LogP contribution in [0.3, 0.4) is 0 Å². The summed E-state index contributed by atoms with van der Waals surface area (Å²) in [4.78, 5) is 24.4. The van der Waals surface area contributed by atoms with Gasteiger partial charge in [0, 0.05) is 0 Å². The standard InChI is InChI=1S/2C5H5.2C2H3O.Ru/c2*1-2-4-5-3-1;2*1-2-3;/h2*1-5H;2*1H3;. The van der Waals surface area contributed by atoms with E-state index in [2.05, 4.69) is 0 Å². The Hall–Kier alpha value is -1.08. The third-order valence-electron chi connectivity index (χ3n) is 2.95. The Morgan fingerprint density at radius 2 is 1.06 bits per heavy atom. The maximum absolute atomic E-state index is 12.2. The normalized spacial score (nSPS) is 20.4. The van der Waals surface area contributed by atoms with Gasteiger partial charge < -0.3 is 0 Å². The average Bonchev–Trinajstić information content (AvgIpc) is 2.88. The van der Waals surface area contributed by atoms with Crippen LogP contribution in [0.25, 0.3) is 0 Å². The fourth-order valence-electron chi connectivity index (χ4n) is 2.22. The molecule has 0 aromatic carbocycles. The van der Waals surface area contributed by atoms with E-state index >= 15 is 0 Å². The summed E-state index contributed by atoms with van der Waals surface area (Å²) in [5.74, 6) is 0. The molecule has 2 aliphatic rings. The van der Waals surface area contributed by atoms with E-state index in [1.165, 1.54) is 0 Å². The molecule has 92 valence electrons. The summed E-state index contributed by atoms with van der Waals surface area (Å²) in [5.41, 5.74) is 0. The summed E-state index contributed by atoms with van der Waals surface area (Å²) in [6.07, 6.45) is 15.8. The average molecular weight is 317 g/mol. The minimum absolute atomic E-state index is 0.0403. The molecule has 0 radical (unpaired) electrons. The SMILES string of the molecule is C[C](=O)[Ru]([C](C)=O)([CH]1C=CC=C1)[CH]1C=CC=C1. The monoisotopic (exact) mass is 318 g/mol. The van der Waals surface area contributed by atoms with Crippen LogP contribution in [0.1, 0.15) is 13.8 Å². The molecule has 0 amide bonds. The number of carbonyl (C=O) groups excluding carboxylic acids is 2. The Kier molecular flexibility index (Phi) is 3.39. The molecule has 2 aliphatic carbocycles. The number of rotatable bonds is 4. The summed E-state index contributed by atoms with van der Waals surface area (Å²) in [7, 11) is 0. The van der Waals surface area contributed by atoms with Crippen LogP contribution in [0.15, 0.2) is 48.6 Å². The van der Waals surface area contributed by atoms with E-state index in [9.17, 15) is 9.59 Å². The van der Waals surface area contributed by atoms with Crippen molar-refractivity contribution in [2.45, 2.75) is 22.9 Å². The van der Waals surface area contributed by atoms with Gasteiger partial charge in [-0.3, -0.25) is 0 Å². The van der Waals surface area contributed by atoms with Crippen LogP contribution >= 0.6 is 0 Å². The Balaban J connectivity index is 2.53. The number of hydrogen-bond acceptors (Lipinski definition) is 2. The van der Waals surface area contributed by atoms with Gasteiger partial charge in [0.2, 0.25) is 0 Å². The molecule has 0 saturated heterocycles. The topological polar surface area (TPSA) is 34.1 Å². The van der Waals surface area contributed by atoms with Crippen molar-refractivity contribution in [3.8, 4) is 0 Å². The predicted octanol–water partition coefficient (Wildman–Crippen LogP) is 3.06. The molecule has 2 nitrogen and oxygen atoms in total. The molecule has 0 spiro atoms. The van der Waals surface area contributed by atoms with Crippen molar-refractivity contribution in [3.05, 3.63) is 48.6 Å². The van der Waals surface area contributed by atoms with E-state index in [1.807, 2.05) is 48.6 Å². The van der Waals surface area contributed by atoms with Crippen molar-refractivity contribution in [3.63, 3.8) is 0 Å². The third-order valence-corrected chi connectivity index (χ3v) is 12.0. The first kappa shape index (κ1) is 12.4. The number of allylic oxidation sites excluding steroid dienone is 8. The molecule has 0 aliphatic heterocycles. The first-order chi connectivity index (χ1) is 8.10. The van der Waals surface area contributed by atoms with Gasteiger partial charge in [0.15, 0.2) is 0 Å². The van der Waals surface area contributed by atoms with Crippen molar-refractivity contribution in [2.24, 2.45) is 0 Å². The zero-order valence-corrected chi connectivity index (χ0v) is 11.7. The van der Waals surface area contributed by atoms with Crippen LogP contribution < -0.4 is 0 Å². The summed E-state index contributed by atoms with van der Waals surface area (Å²) < 4.78 is 0.295. The van der Waals surface area contributed by atoms with E-state index < -0.39 is 14.8 Å². The fourth-order valence-corrected chi connectivity index (χ4v) is 10.0. The molecule has 17 heavy (non-hydrogen) atoms. The van der Waals surface area contributed by atoms with E-state index in [-0.39, 0.29) is 17.8 Å². The summed E-state index contributed by atoms with van der Waals surface area (Å²) in [6, 6.07) is 0. The summed E-state index contributed by atoms with van der Waals surface area (Å²) in [6.45, 7) is 3.18. The van der Waals surface area contributed by atoms with Gasteiger partial charge in [-0.05, 0) is 0 Å². The van der Waals surface area contributed by atoms with E-state index in [4.69, 9.17) is 0 Å². The van der Waals surface area contributed by atoms with Crippen molar-refractivity contribution in [1.82, 2.24) is 0 Å². The Labute approximate surface area is 105 Å². The minimum atomic E-state index is -3.10. The van der Waals surface area contributed by atoms with Gasteiger partial charge in [-0.25, -0.2) is 0 Å². The van der Waals surface area contributed by atoms with Crippen LogP contribution in [0.5, 0.6) is 0 Å². The van der Waals surface area contributed by atoms with E-state index in [0.29, 0.717) is 0 Å². The van der Waals surface area contributed by atoms with Crippen molar-refractivity contribution in [2.75, 3.05) is 0 Å². The molecule has 0 atom stereocenters. The van der Waals surface area contributed by atoms with Crippen molar-refractivity contribution < 1.29 is 24.4 Å². The second-order valence-electron chi connectivity index (χ2n) is 3.92. The van der Waals surface area contributed by atoms with Crippen LogP contribution in [0, 0.1) is 0 Å². The molecule has 0 bridgehead atoms. The second-order valence-corrected chi connectivity index (χ2v) is 11.7. The molecular formula is C14H16O2Ru. The number of carbonyl (C=O) groups is 2. The van der Waals surface area contributed by atoms with Crippen LogP contribution in [0.2, 0.25) is 9.02 Å². The van der Waals surface area contributed by atoms with Crippen LogP contribution in [-0.4, -0.2) is 8.76 Å². The van der Waals surface area contributed by atoms with Gasteiger partial charge >= 0.3 is 105 Å². The van der Waals surface area contributed by atoms with E-state index in [0.717, 1.165) is 0 Å². The molecule has 3 heteroatoms. The molecular weight excluding hydrogens is 301 g/mol. The molecule has 0 N–H and O–H groups in total. The van der Waals surface area contributed by atoms with E-state index in [1.54, 1.807) is 13.8 Å². The summed E-state index contributed by atoms with van der Waals surface area (Å²) in [5, 5.41) is 0. The second kappa shape index (κ2) is 4.66. The molecule has 0 fully saturated rings. The van der Waals surface area contributed by atoms with Gasteiger partial charge in [-0.2, -0.15) is 0 Å². The van der Waals surface area contributed by atoms with Crippen LogP contribution in [-0.2, 0) is 24.4 Å². The Morgan fingerprint density at radius 1 is 0.765 bits per heavy atom. The third kappa shape index (κ3) is 1.83. The van der Waals surface area contributed by atoms with Gasteiger partial charge in [-0.15, -0.1) is 0 Å². The van der Waals surface area contributed by atoms with Crippen molar-refractivity contribution in [1.29, 1.82) is 0 Å². The first-order valence-corrected chi connectivity index (χ1v) is 9.25. The first-order valence-electron chi connectivity index (χ1n) is 5.50. The van der Waals surface area contributed by atoms with Gasteiger partial charge in [0.05, 0.1) is 0 Å². The van der Waals surface area contributed by atoms with Crippen LogP contribution in [0.4, 0.5) is 0 Å². The molecule has 0 unspecified atom stereocenters. The van der Waals surface area contributed by atoms with Crippen molar-refractivity contribution >= 4 is 8.76 Å². The molecule has 0 heterocycles. The molecule has 0 aromatic heterocycles. The predicted molar refractivity (Wildman–Crippen MR) is 65.4 cm³/mol. The summed E-state index contributed by atoms with van der Waals surface area (Å²) >= 11 is -3.10. The fraction of sp³-hybridized carbons (Fsp3) is 0.286. The Morgan fingerprint density at radius 3 is 1.29 bits per heavy atom. The number of hydrogen-bond donors (Lipinski definition) is 0.